The van der Waals surface area contributed by atoms with Crippen LogP contribution in [-0.4, -0.2) is 37.1 Å². The maximum Gasteiger partial charge on any atom is 0.320 e. The summed E-state index contributed by atoms with van der Waals surface area (Å²) in [5, 5.41) is 16.5. The van der Waals surface area contributed by atoms with Gasteiger partial charge in [-0.05, 0) is 12.1 Å². The lowest BCUT2D eigenvalue weighted by atomic mass is 10.2. The normalized spacial score (nSPS) is 12.3. The highest BCUT2D eigenvalue weighted by molar-refractivity contribution is 5.73. The second-order valence-corrected chi connectivity index (χ2v) is 3.88. The van der Waals surface area contributed by atoms with E-state index < -0.39 is 12.0 Å². The number of carboxylic acid groups (broad SMARTS) is 1. The number of carbonyl (C=O) groups is 1. The molecule has 2 heterocycles. The molecular formula is C11H13N5O2. The minimum Gasteiger partial charge on any atom is -0.480 e. The van der Waals surface area contributed by atoms with Gasteiger partial charge in [-0.15, -0.1) is 5.10 Å². The molecule has 7 nitrogen and oxygen atoms in total. The largest absolute Gasteiger partial charge is 0.480 e. The lowest BCUT2D eigenvalue weighted by Gasteiger charge is -2.01. The maximum absolute atomic E-state index is 10.6. The fourth-order valence-electron chi connectivity index (χ4n) is 1.48. The lowest BCUT2D eigenvalue weighted by Crippen LogP contribution is -2.32. The van der Waals surface area contributed by atoms with E-state index in [1.165, 1.54) is 0 Å². The van der Waals surface area contributed by atoms with E-state index in [1.54, 1.807) is 17.1 Å². The van der Waals surface area contributed by atoms with Gasteiger partial charge in [-0.1, -0.05) is 11.3 Å². The number of hydrogen-bond donors (Lipinski definition) is 2. The molecule has 0 bridgehead atoms. The maximum atomic E-state index is 10.6. The van der Waals surface area contributed by atoms with E-state index in [1.807, 2.05) is 18.2 Å². The van der Waals surface area contributed by atoms with Crippen LogP contribution in [0.25, 0.3) is 0 Å². The van der Waals surface area contributed by atoms with Crippen molar-refractivity contribution in [3.8, 4) is 0 Å². The molecule has 0 aliphatic carbocycles. The molecule has 2 aromatic heterocycles. The fraction of sp³-hybridized carbons (Fsp3) is 0.273. The lowest BCUT2D eigenvalue weighted by molar-refractivity contribution is -0.138. The summed E-state index contributed by atoms with van der Waals surface area (Å²) in [7, 11) is 0. The number of nitrogens with zero attached hydrogens (tertiary/aromatic N) is 4. The first-order valence-corrected chi connectivity index (χ1v) is 5.42. The molecule has 1 unspecified atom stereocenters. The molecule has 0 saturated carbocycles. The molecule has 0 fully saturated rings. The van der Waals surface area contributed by atoms with E-state index in [0.717, 1.165) is 5.69 Å². The molecule has 0 aliphatic heterocycles. The molecule has 1 atom stereocenters. The third kappa shape index (κ3) is 3.11. The van der Waals surface area contributed by atoms with Crippen molar-refractivity contribution in [1.82, 2.24) is 20.0 Å². The predicted octanol–water partition coefficient (Wildman–Crippen LogP) is -0.324. The molecule has 0 aromatic carbocycles. The van der Waals surface area contributed by atoms with Crippen LogP contribution in [0, 0.1) is 0 Å². The summed E-state index contributed by atoms with van der Waals surface area (Å²) in [5.41, 5.74) is 6.84. The quantitative estimate of drug-likeness (QED) is 0.749. The van der Waals surface area contributed by atoms with Gasteiger partial charge in [0, 0.05) is 18.8 Å². The third-order valence-electron chi connectivity index (χ3n) is 2.38. The first-order chi connectivity index (χ1) is 8.65. The van der Waals surface area contributed by atoms with Crippen LogP contribution in [0.15, 0.2) is 30.6 Å². The van der Waals surface area contributed by atoms with E-state index >= 15 is 0 Å². The van der Waals surface area contributed by atoms with Crippen LogP contribution >= 0.6 is 0 Å². The molecular weight excluding hydrogens is 234 g/mol. The van der Waals surface area contributed by atoms with E-state index in [-0.39, 0.29) is 6.42 Å². The third-order valence-corrected chi connectivity index (χ3v) is 2.38. The Hall–Kier alpha value is -2.28. The van der Waals surface area contributed by atoms with Gasteiger partial charge in [-0.2, -0.15) is 0 Å². The number of aliphatic carboxylic acids is 1. The van der Waals surface area contributed by atoms with Crippen LogP contribution in [0.4, 0.5) is 0 Å². The minimum atomic E-state index is -1.05. The van der Waals surface area contributed by atoms with Gasteiger partial charge in [-0.25, -0.2) is 4.68 Å². The molecule has 3 N–H and O–H groups in total. The molecule has 94 valence electrons. The van der Waals surface area contributed by atoms with Crippen LogP contribution < -0.4 is 5.73 Å². The van der Waals surface area contributed by atoms with E-state index in [0.29, 0.717) is 12.2 Å². The summed E-state index contributed by atoms with van der Waals surface area (Å²) < 4.78 is 1.60. The number of pyridine rings is 1. The van der Waals surface area contributed by atoms with Crippen molar-refractivity contribution in [2.45, 2.75) is 19.0 Å². The Labute approximate surface area is 103 Å². The van der Waals surface area contributed by atoms with Gasteiger partial charge in [0.15, 0.2) is 0 Å². The number of rotatable bonds is 5. The zero-order valence-electron chi connectivity index (χ0n) is 9.60. The topological polar surface area (TPSA) is 107 Å². The van der Waals surface area contributed by atoms with E-state index in [9.17, 15) is 4.79 Å². The van der Waals surface area contributed by atoms with Crippen LogP contribution in [0.3, 0.4) is 0 Å². The Morgan fingerprint density at radius 1 is 1.44 bits per heavy atom. The second kappa shape index (κ2) is 5.37. The first kappa shape index (κ1) is 12.2. The van der Waals surface area contributed by atoms with Crippen molar-refractivity contribution in [3.63, 3.8) is 0 Å². The van der Waals surface area contributed by atoms with Crippen molar-refractivity contribution < 1.29 is 9.90 Å². The minimum absolute atomic E-state index is 0.164. The Morgan fingerprint density at radius 2 is 2.28 bits per heavy atom. The van der Waals surface area contributed by atoms with Crippen molar-refractivity contribution in [1.29, 1.82) is 0 Å². The molecule has 18 heavy (non-hydrogen) atoms. The standard InChI is InChI=1S/C11H13N5O2/c12-10(11(17)18)5-9-7-16(15-14-9)6-8-3-1-2-4-13-8/h1-4,7,10H,5-6,12H2,(H,17,18). The number of hydrogen-bond acceptors (Lipinski definition) is 5. The molecule has 0 amide bonds. The predicted molar refractivity (Wildman–Crippen MR) is 62.7 cm³/mol. The van der Waals surface area contributed by atoms with Crippen LogP contribution in [-0.2, 0) is 17.8 Å². The van der Waals surface area contributed by atoms with Gasteiger partial charge in [0.1, 0.15) is 6.04 Å². The molecule has 0 saturated heterocycles. The van der Waals surface area contributed by atoms with Crippen LogP contribution in [0.5, 0.6) is 0 Å². The summed E-state index contributed by atoms with van der Waals surface area (Å²) in [4.78, 5) is 14.8. The van der Waals surface area contributed by atoms with Gasteiger partial charge in [0.05, 0.1) is 17.9 Å². The number of aromatic nitrogens is 4. The van der Waals surface area contributed by atoms with Crippen molar-refractivity contribution in [2.24, 2.45) is 5.73 Å². The average molecular weight is 247 g/mol. The summed E-state index contributed by atoms with van der Waals surface area (Å²) >= 11 is 0. The van der Waals surface area contributed by atoms with Crippen molar-refractivity contribution >= 4 is 5.97 Å². The zero-order valence-corrected chi connectivity index (χ0v) is 9.60. The first-order valence-electron chi connectivity index (χ1n) is 5.42. The van der Waals surface area contributed by atoms with Crippen LogP contribution in [0.1, 0.15) is 11.4 Å². The highest BCUT2D eigenvalue weighted by Gasteiger charge is 2.14. The monoisotopic (exact) mass is 247 g/mol. The molecule has 0 aliphatic rings. The Morgan fingerprint density at radius 3 is 2.94 bits per heavy atom. The SMILES string of the molecule is NC(Cc1cn(Cc2ccccn2)nn1)C(=O)O. The Kier molecular flexibility index (Phi) is 3.63. The van der Waals surface area contributed by atoms with Gasteiger partial charge < -0.3 is 10.8 Å². The second-order valence-electron chi connectivity index (χ2n) is 3.88. The van der Waals surface area contributed by atoms with E-state index in [4.69, 9.17) is 10.8 Å². The Bertz CT molecular complexity index is 525. The summed E-state index contributed by atoms with van der Waals surface area (Å²) in [6.07, 6.45) is 3.54. The smallest absolute Gasteiger partial charge is 0.320 e. The highest BCUT2D eigenvalue weighted by Crippen LogP contribution is 2.01. The summed E-state index contributed by atoms with van der Waals surface area (Å²) in [5.74, 6) is -1.05. The van der Waals surface area contributed by atoms with Gasteiger partial charge in [-0.3, -0.25) is 9.78 Å². The van der Waals surface area contributed by atoms with Gasteiger partial charge in [0.2, 0.25) is 0 Å². The van der Waals surface area contributed by atoms with Crippen molar-refractivity contribution in [2.75, 3.05) is 0 Å². The molecule has 2 rings (SSSR count). The average Bonchev–Trinajstić information content (AvgIpc) is 2.77. The van der Waals surface area contributed by atoms with Crippen LogP contribution in [0.2, 0.25) is 0 Å². The Balaban J connectivity index is 2.00. The van der Waals surface area contributed by atoms with E-state index in [2.05, 4.69) is 15.3 Å². The van der Waals surface area contributed by atoms with Crippen molar-refractivity contribution in [3.05, 3.63) is 42.0 Å². The highest BCUT2D eigenvalue weighted by atomic mass is 16.4. The number of carboxylic acids is 1. The molecule has 7 heteroatoms. The molecule has 0 spiro atoms. The summed E-state index contributed by atoms with van der Waals surface area (Å²) in [6, 6.07) is 4.65. The molecule has 0 radical (unpaired) electrons. The summed E-state index contributed by atoms with van der Waals surface area (Å²) in [6.45, 7) is 0.496. The van der Waals surface area contributed by atoms with Gasteiger partial charge >= 0.3 is 5.97 Å². The van der Waals surface area contributed by atoms with Gasteiger partial charge in [0.25, 0.3) is 0 Å². The fourth-order valence-corrected chi connectivity index (χ4v) is 1.48. The number of nitrogens with two attached hydrogens (primary N) is 1. The zero-order chi connectivity index (χ0) is 13.0. The molecule has 2 aromatic rings.